The van der Waals surface area contributed by atoms with Crippen LogP contribution in [0, 0.1) is 0 Å². The van der Waals surface area contributed by atoms with E-state index in [-0.39, 0.29) is 5.91 Å². The minimum atomic E-state index is -0.0504. The molecule has 10 nitrogen and oxygen atoms in total. The van der Waals surface area contributed by atoms with Crippen LogP contribution < -0.4 is 19.1 Å². The Morgan fingerprint density at radius 2 is 1.77 bits per heavy atom. The molecule has 184 valence electrons. The molecule has 4 rings (SSSR count). The third-order valence-electron chi connectivity index (χ3n) is 5.80. The average molecular weight is 480 g/mol. The number of carbonyl (C=O) groups is 1. The van der Waals surface area contributed by atoms with Gasteiger partial charge in [-0.05, 0) is 35.9 Å². The van der Waals surface area contributed by atoms with Gasteiger partial charge in [-0.3, -0.25) is 4.79 Å². The number of ether oxygens (including phenoxy) is 3. The molecule has 0 radical (unpaired) electrons. The maximum absolute atomic E-state index is 12.8. The van der Waals surface area contributed by atoms with E-state index < -0.39 is 0 Å². The van der Waals surface area contributed by atoms with Gasteiger partial charge in [-0.1, -0.05) is 12.1 Å². The summed E-state index contributed by atoms with van der Waals surface area (Å²) < 4.78 is 21.3. The van der Waals surface area contributed by atoms with Crippen molar-refractivity contribution < 1.29 is 23.5 Å². The molecule has 0 saturated carbocycles. The number of rotatable bonds is 8. The minimum Gasteiger partial charge on any atom is -0.493 e. The Labute approximate surface area is 204 Å². The van der Waals surface area contributed by atoms with Gasteiger partial charge in [0.1, 0.15) is 5.82 Å². The van der Waals surface area contributed by atoms with Crippen LogP contribution >= 0.6 is 0 Å². The van der Waals surface area contributed by atoms with Crippen molar-refractivity contribution in [1.29, 1.82) is 0 Å². The van der Waals surface area contributed by atoms with Crippen molar-refractivity contribution >= 4 is 17.8 Å². The van der Waals surface area contributed by atoms with Crippen molar-refractivity contribution in [3.8, 4) is 28.6 Å². The summed E-state index contributed by atoms with van der Waals surface area (Å²) in [5.74, 6) is 3.53. The number of methoxy groups -OCH3 is 3. The van der Waals surface area contributed by atoms with E-state index in [4.69, 9.17) is 18.7 Å². The number of hydrogen-bond acceptors (Lipinski definition) is 9. The fraction of sp³-hybridized carbons (Fsp3) is 0.360. The van der Waals surface area contributed by atoms with E-state index in [1.54, 1.807) is 51.8 Å². The van der Waals surface area contributed by atoms with Gasteiger partial charge in [0, 0.05) is 50.4 Å². The largest absolute Gasteiger partial charge is 0.493 e. The summed E-state index contributed by atoms with van der Waals surface area (Å²) in [6.45, 7) is 4.56. The lowest BCUT2D eigenvalue weighted by atomic mass is 10.1. The highest BCUT2D eigenvalue weighted by atomic mass is 16.5. The molecule has 1 aromatic carbocycles. The van der Waals surface area contributed by atoms with Gasteiger partial charge in [-0.25, -0.2) is 4.98 Å². The van der Waals surface area contributed by atoms with Crippen LogP contribution in [0.15, 0.2) is 41.1 Å². The summed E-state index contributed by atoms with van der Waals surface area (Å²) in [5.41, 5.74) is 1.59. The molecule has 0 aliphatic carbocycles. The zero-order chi connectivity index (χ0) is 24.8. The molecule has 1 saturated heterocycles. The predicted octanol–water partition coefficient (Wildman–Crippen LogP) is 3.08. The van der Waals surface area contributed by atoms with Crippen molar-refractivity contribution in [1.82, 2.24) is 20.0 Å². The van der Waals surface area contributed by atoms with E-state index in [0.717, 1.165) is 16.9 Å². The summed E-state index contributed by atoms with van der Waals surface area (Å²) in [4.78, 5) is 25.6. The number of carbonyl (C=O) groups excluding carboxylic acids is 1. The van der Waals surface area contributed by atoms with Gasteiger partial charge in [0.25, 0.3) is 0 Å². The molecule has 1 aliphatic heterocycles. The first-order valence-electron chi connectivity index (χ1n) is 11.4. The number of hydrogen-bond donors (Lipinski definition) is 0. The van der Waals surface area contributed by atoms with Gasteiger partial charge >= 0.3 is 0 Å². The quantitative estimate of drug-likeness (QED) is 0.451. The third-order valence-corrected chi connectivity index (χ3v) is 5.80. The molecule has 35 heavy (non-hydrogen) atoms. The highest BCUT2D eigenvalue weighted by Crippen LogP contribution is 2.38. The Hall–Kier alpha value is -4.08. The Morgan fingerprint density at radius 3 is 2.31 bits per heavy atom. The Kier molecular flexibility index (Phi) is 7.49. The van der Waals surface area contributed by atoms with E-state index in [1.807, 2.05) is 24.0 Å². The molecular weight excluding hydrogens is 450 g/mol. The molecule has 3 aromatic rings. The Morgan fingerprint density at radius 1 is 1.06 bits per heavy atom. The number of aryl methyl sites for hydroxylation is 1. The Balaban J connectivity index is 1.35. The van der Waals surface area contributed by atoms with Crippen LogP contribution in [-0.2, 0) is 11.2 Å². The SMILES string of the molecule is CCc1nc(-c2ccc(N3CCN(C(=O)/C=C\c4cc(OC)c(OC)c(OC)c4)CC3)nc2)no1. The number of amides is 1. The summed E-state index contributed by atoms with van der Waals surface area (Å²) in [5, 5.41) is 3.99. The highest BCUT2D eigenvalue weighted by molar-refractivity contribution is 5.92. The monoisotopic (exact) mass is 479 g/mol. The Bertz CT molecular complexity index is 1160. The van der Waals surface area contributed by atoms with Crippen LogP contribution in [-0.4, -0.2) is 73.4 Å². The van der Waals surface area contributed by atoms with Crippen LogP contribution in [0.3, 0.4) is 0 Å². The molecule has 0 unspecified atom stereocenters. The number of benzene rings is 1. The highest BCUT2D eigenvalue weighted by Gasteiger charge is 2.21. The van der Waals surface area contributed by atoms with Crippen molar-refractivity contribution in [2.75, 3.05) is 52.4 Å². The maximum Gasteiger partial charge on any atom is 0.246 e. The average Bonchev–Trinajstić information content (AvgIpc) is 3.40. The number of anilines is 1. The van der Waals surface area contributed by atoms with Crippen LogP contribution in [0.5, 0.6) is 17.2 Å². The van der Waals surface area contributed by atoms with Gasteiger partial charge in [0.2, 0.25) is 23.4 Å². The van der Waals surface area contributed by atoms with E-state index >= 15 is 0 Å². The third kappa shape index (κ3) is 5.37. The zero-order valence-corrected chi connectivity index (χ0v) is 20.4. The van der Waals surface area contributed by atoms with Gasteiger partial charge in [-0.15, -0.1) is 0 Å². The van der Waals surface area contributed by atoms with Crippen molar-refractivity contribution in [3.05, 3.63) is 48.0 Å². The standard InChI is InChI=1S/C25H29N5O5/c1-5-22-27-25(28-35-22)18-7-8-21(26-16-18)29-10-12-30(13-11-29)23(31)9-6-17-14-19(32-2)24(34-4)20(15-17)33-3/h6-9,14-16H,5,10-13H2,1-4H3/b9-6-. The van der Waals surface area contributed by atoms with Crippen LogP contribution in [0.4, 0.5) is 5.82 Å². The lowest BCUT2D eigenvalue weighted by molar-refractivity contribution is -0.126. The molecule has 1 fully saturated rings. The maximum atomic E-state index is 12.8. The fourth-order valence-corrected chi connectivity index (χ4v) is 3.85. The molecule has 0 bridgehead atoms. The molecule has 10 heteroatoms. The summed E-state index contributed by atoms with van der Waals surface area (Å²) in [6, 6.07) is 7.48. The predicted molar refractivity (Wildman–Crippen MR) is 131 cm³/mol. The normalized spacial score (nSPS) is 13.8. The van der Waals surface area contributed by atoms with Crippen molar-refractivity contribution in [2.24, 2.45) is 0 Å². The molecule has 1 aliphatic rings. The van der Waals surface area contributed by atoms with Crippen LogP contribution in [0.25, 0.3) is 17.5 Å². The van der Waals surface area contributed by atoms with Gasteiger partial charge < -0.3 is 28.5 Å². The lowest BCUT2D eigenvalue weighted by Crippen LogP contribution is -2.48. The fourth-order valence-electron chi connectivity index (χ4n) is 3.85. The summed E-state index contributed by atoms with van der Waals surface area (Å²) in [7, 11) is 4.68. The molecule has 3 heterocycles. The first-order chi connectivity index (χ1) is 17.1. The lowest BCUT2D eigenvalue weighted by Gasteiger charge is -2.35. The number of piperazine rings is 1. The summed E-state index contributed by atoms with van der Waals surface area (Å²) >= 11 is 0. The first kappa shape index (κ1) is 24.1. The number of pyridine rings is 1. The molecule has 2 aromatic heterocycles. The van der Waals surface area contributed by atoms with Gasteiger partial charge in [0.05, 0.1) is 21.3 Å². The molecule has 0 N–H and O–H groups in total. The molecule has 1 amide bonds. The smallest absolute Gasteiger partial charge is 0.246 e. The first-order valence-corrected chi connectivity index (χ1v) is 11.4. The second-order valence-corrected chi connectivity index (χ2v) is 7.87. The van der Waals surface area contributed by atoms with E-state index in [9.17, 15) is 4.79 Å². The van der Waals surface area contributed by atoms with Crippen LogP contribution in [0.2, 0.25) is 0 Å². The van der Waals surface area contributed by atoms with Gasteiger partial charge in [-0.2, -0.15) is 4.98 Å². The second-order valence-electron chi connectivity index (χ2n) is 7.87. The van der Waals surface area contributed by atoms with Crippen LogP contribution in [0.1, 0.15) is 18.4 Å². The van der Waals surface area contributed by atoms with E-state index in [0.29, 0.717) is 61.6 Å². The zero-order valence-electron chi connectivity index (χ0n) is 20.4. The number of aromatic nitrogens is 3. The second kappa shape index (κ2) is 10.9. The summed E-state index contributed by atoms with van der Waals surface area (Å²) in [6.07, 6.45) is 5.76. The molecular formula is C25H29N5O5. The topological polar surface area (TPSA) is 103 Å². The number of nitrogens with zero attached hydrogens (tertiary/aromatic N) is 5. The van der Waals surface area contributed by atoms with E-state index in [2.05, 4.69) is 20.0 Å². The molecule has 0 spiro atoms. The van der Waals surface area contributed by atoms with E-state index in [1.165, 1.54) is 0 Å². The van der Waals surface area contributed by atoms with Gasteiger partial charge in [0.15, 0.2) is 11.5 Å². The van der Waals surface area contributed by atoms with Crippen molar-refractivity contribution in [2.45, 2.75) is 13.3 Å². The minimum absolute atomic E-state index is 0.0504. The molecule has 0 atom stereocenters. The van der Waals surface area contributed by atoms with Crippen molar-refractivity contribution in [3.63, 3.8) is 0 Å².